The Hall–Kier alpha value is -2.21. The van der Waals surface area contributed by atoms with Crippen LogP contribution in [0.15, 0.2) is 24.3 Å². The van der Waals surface area contributed by atoms with Gasteiger partial charge in [-0.15, -0.1) is 10.2 Å². The van der Waals surface area contributed by atoms with E-state index < -0.39 is 0 Å². The predicted molar refractivity (Wildman–Crippen MR) is 109 cm³/mol. The maximum atomic E-state index is 13.0. The van der Waals surface area contributed by atoms with Crippen molar-refractivity contribution in [3.63, 3.8) is 0 Å². The van der Waals surface area contributed by atoms with Gasteiger partial charge < -0.3 is 9.47 Å². The van der Waals surface area contributed by atoms with Crippen molar-refractivity contribution in [2.24, 2.45) is 7.05 Å². The highest BCUT2D eigenvalue weighted by Gasteiger charge is 2.29. The molecule has 150 valence electrons. The van der Waals surface area contributed by atoms with Crippen molar-refractivity contribution in [3.8, 4) is 0 Å². The lowest BCUT2D eigenvalue weighted by atomic mass is 9.96. The Morgan fingerprint density at radius 1 is 1.11 bits per heavy atom. The molecule has 1 atom stereocenters. The lowest BCUT2D eigenvalue weighted by Gasteiger charge is -2.32. The highest BCUT2D eigenvalue weighted by atomic mass is 16.2. The van der Waals surface area contributed by atoms with Crippen LogP contribution in [-0.2, 0) is 13.6 Å². The number of aromatic nitrogens is 3. The third kappa shape index (κ3) is 4.12. The Labute approximate surface area is 167 Å². The number of carbonyl (C=O) groups is 1. The zero-order chi connectivity index (χ0) is 19.5. The number of hydrogen-bond donors (Lipinski definition) is 0. The van der Waals surface area contributed by atoms with Gasteiger partial charge >= 0.3 is 0 Å². The van der Waals surface area contributed by atoms with Crippen LogP contribution in [0.5, 0.6) is 0 Å². The largest absolute Gasteiger partial charge is 0.338 e. The molecule has 2 aromatic rings. The molecule has 2 fully saturated rings. The van der Waals surface area contributed by atoms with E-state index in [0.29, 0.717) is 0 Å². The third-order valence-corrected chi connectivity index (χ3v) is 6.15. The lowest BCUT2D eigenvalue weighted by Crippen LogP contribution is -2.39. The minimum atomic E-state index is 0.129. The van der Waals surface area contributed by atoms with Gasteiger partial charge in [0.15, 0.2) is 0 Å². The second-order valence-electron chi connectivity index (χ2n) is 8.33. The molecule has 0 bridgehead atoms. The second kappa shape index (κ2) is 8.43. The molecule has 6 heteroatoms. The molecule has 2 saturated heterocycles. The van der Waals surface area contributed by atoms with Crippen molar-refractivity contribution in [1.29, 1.82) is 0 Å². The highest BCUT2D eigenvalue weighted by molar-refractivity contribution is 5.94. The van der Waals surface area contributed by atoms with Crippen molar-refractivity contribution in [3.05, 3.63) is 47.0 Å². The van der Waals surface area contributed by atoms with Crippen LogP contribution in [0.2, 0.25) is 0 Å². The average molecular weight is 382 g/mol. The Bertz CT molecular complexity index is 824. The fraction of sp³-hybridized carbons (Fsp3) is 0.591. The first kappa shape index (κ1) is 19.1. The molecule has 3 heterocycles. The van der Waals surface area contributed by atoms with Gasteiger partial charge in [0.25, 0.3) is 5.91 Å². The molecule has 2 aliphatic heterocycles. The van der Waals surface area contributed by atoms with Crippen LogP contribution in [0.25, 0.3) is 0 Å². The summed E-state index contributed by atoms with van der Waals surface area (Å²) in [4.78, 5) is 17.4. The van der Waals surface area contributed by atoms with E-state index >= 15 is 0 Å². The molecule has 0 aliphatic carbocycles. The molecule has 0 spiro atoms. The van der Waals surface area contributed by atoms with Gasteiger partial charge in [0.2, 0.25) is 0 Å². The number of hydrogen-bond acceptors (Lipinski definition) is 4. The average Bonchev–Trinajstić information content (AvgIpc) is 3.08. The SMILES string of the molecule is Cc1cccc(C(=O)N2CCCC(c3nnc(CN4CCCCC4)n3C)C2)c1. The molecule has 0 N–H and O–H groups in total. The number of amides is 1. The van der Waals surface area contributed by atoms with Gasteiger partial charge in [0.05, 0.1) is 6.54 Å². The normalized spacial score (nSPS) is 21.1. The molecule has 6 nitrogen and oxygen atoms in total. The Morgan fingerprint density at radius 3 is 2.71 bits per heavy atom. The topological polar surface area (TPSA) is 54.3 Å². The van der Waals surface area contributed by atoms with E-state index in [1.54, 1.807) is 0 Å². The van der Waals surface area contributed by atoms with E-state index in [2.05, 4.69) is 26.7 Å². The van der Waals surface area contributed by atoms with Gasteiger partial charge in [0, 0.05) is 31.6 Å². The van der Waals surface area contributed by atoms with Gasteiger partial charge in [0.1, 0.15) is 11.6 Å². The zero-order valence-electron chi connectivity index (χ0n) is 17.1. The van der Waals surface area contributed by atoms with Gasteiger partial charge in [-0.2, -0.15) is 0 Å². The van der Waals surface area contributed by atoms with Crippen LogP contribution in [0, 0.1) is 6.92 Å². The minimum absolute atomic E-state index is 0.129. The summed E-state index contributed by atoms with van der Waals surface area (Å²) in [5.74, 6) is 2.45. The summed E-state index contributed by atoms with van der Waals surface area (Å²) in [6.07, 6.45) is 5.98. The molecular weight excluding hydrogens is 350 g/mol. The van der Waals surface area contributed by atoms with E-state index in [9.17, 15) is 4.79 Å². The standard InChI is InChI=1S/C22H31N5O/c1-17-8-6-9-18(14-17)22(28)27-13-7-10-19(15-27)21-24-23-20(25(21)2)16-26-11-4-3-5-12-26/h6,8-9,14,19H,3-5,7,10-13,15-16H2,1-2H3. The number of nitrogens with zero attached hydrogens (tertiary/aromatic N) is 5. The van der Waals surface area contributed by atoms with E-state index in [1.807, 2.05) is 36.1 Å². The monoisotopic (exact) mass is 381 g/mol. The zero-order valence-corrected chi connectivity index (χ0v) is 17.1. The fourth-order valence-electron chi connectivity index (χ4n) is 4.52. The summed E-state index contributed by atoms with van der Waals surface area (Å²) in [5.41, 5.74) is 1.90. The van der Waals surface area contributed by atoms with Crippen molar-refractivity contribution >= 4 is 5.91 Å². The van der Waals surface area contributed by atoms with Gasteiger partial charge in [-0.1, -0.05) is 24.1 Å². The quantitative estimate of drug-likeness (QED) is 0.816. The predicted octanol–water partition coefficient (Wildman–Crippen LogP) is 3.13. The van der Waals surface area contributed by atoms with Gasteiger partial charge in [-0.05, 0) is 57.8 Å². The Balaban J connectivity index is 1.45. The first-order valence-electron chi connectivity index (χ1n) is 10.6. The van der Waals surface area contributed by atoms with Crippen molar-refractivity contribution < 1.29 is 4.79 Å². The molecule has 4 rings (SSSR count). The summed E-state index contributed by atoms with van der Waals surface area (Å²) < 4.78 is 2.17. The number of rotatable bonds is 4. The lowest BCUT2D eigenvalue weighted by molar-refractivity contribution is 0.0703. The summed E-state index contributed by atoms with van der Waals surface area (Å²) >= 11 is 0. The van der Waals surface area contributed by atoms with Crippen LogP contribution in [-0.4, -0.2) is 56.7 Å². The number of likely N-dealkylation sites (tertiary alicyclic amines) is 2. The molecule has 1 amide bonds. The van der Waals surface area contributed by atoms with Crippen LogP contribution in [0.3, 0.4) is 0 Å². The van der Waals surface area contributed by atoms with Gasteiger partial charge in [-0.3, -0.25) is 9.69 Å². The first-order valence-corrected chi connectivity index (χ1v) is 10.6. The maximum Gasteiger partial charge on any atom is 0.253 e. The second-order valence-corrected chi connectivity index (χ2v) is 8.33. The van der Waals surface area contributed by atoms with E-state index in [4.69, 9.17) is 0 Å². The third-order valence-electron chi connectivity index (χ3n) is 6.15. The molecule has 1 aromatic heterocycles. The molecule has 1 aromatic carbocycles. The number of aryl methyl sites for hydroxylation is 1. The summed E-state index contributed by atoms with van der Waals surface area (Å²) in [5, 5.41) is 9.03. The first-order chi connectivity index (χ1) is 13.6. The van der Waals surface area contributed by atoms with Crippen LogP contribution >= 0.6 is 0 Å². The van der Waals surface area contributed by atoms with Crippen molar-refractivity contribution in [2.45, 2.75) is 51.5 Å². The molecular formula is C22H31N5O. The summed E-state index contributed by atoms with van der Waals surface area (Å²) in [7, 11) is 2.08. The molecule has 1 unspecified atom stereocenters. The fourth-order valence-corrected chi connectivity index (χ4v) is 4.52. The van der Waals surface area contributed by atoms with E-state index in [1.165, 1.54) is 19.3 Å². The van der Waals surface area contributed by atoms with Crippen LogP contribution < -0.4 is 0 Å². The Kier molecular flexibility index (Phi) is 5.76. The molecule has 0 saturated carbocycles. The van der Waals surface area contributed by atoms with Gasteiger partial charge in [-0.25, -0.2) is 0 Å². The minimum Gasteiger partial charge on any atom is -0.338 e. The number of piperidine rings is 2. The molecule has 28 heavy (non-hydrogen) atoms. The maximum absolute atomic E-state index is 13.0. The summed E-state index contributed by atoms with van der Waals surface area (Å²) in [6.45, 7) is 6.76. The summed E-state index contributed by atoms with van der Waals surface area (Å²) in [6, 6.07) is 7.88. The molecule has 0 radical (unpaired) electrons. The molecule has 2 aliphatic rings. The number of benzene rings is 1. The number of carbonyl (C=O) groups excluding carboxylic acids is 1. The smallest absolute Gasteiger partial charge is 0.253 e. The van der Waals surface area contributed by atoms with E-state index in [-0.39, 0.29) is 11.8 Å². The van der Waals surface area contributed by atoms with Crippen LogP contribution in [0.1, 0.15) is 65.6 Å². The van der Waals surface area contributed by atoms with Crippen LogP contribution in [0.4, 0.5) is 0 Å². The Morgan fingerprint density at radius 2 is 1.93 bits per heavy atom. The highest BCUT2D eigenvalue weighted by Crippen LogP contribution is 2.27. The van der Waals surface area contributed by atoms with Crippen molar-refractivity contribution in [1.82, 2.24) is 24.6 Å². The van der Waals surface area contributed by atoms with Crippen molar-refractivity contribution in [2.75, 3.05) is 26.2 Å². The van der Waals surface area contributed by atoms with E-state index in [0.717, 1.165) is 68.3 Å².